The maximum absolute atomic E-state index is 12.7. The number of carbonyl (C=O) groups is 2. The molecule has 33 heavy (non-hydrogen) atoms. The molecular formula is C27H26N2O4. The van der Waals surface area contributed by atoms with Crippen molar-refractivity contribution >= 4 is 12.1 Å². The van der Waals surface area contributed by atoms with E-state index in [9.17, 15) is 14.7 Å². The highest BCUT2D eigenvalue weighted by Gasteiger charge is 2.39. The third-order valence-electron chi connectivity index (χ3n) is 6.61. The first kappa shape index (κ1) is 21.2. The molecule has 1 aliphatic carbocycles. The molecule has 5 rings (SSSR count). The molecule has 1 saturated heterocycles. The topological polar surface area (TPSA) is 78.9 Å². The number of nitrogens with zero attached hydrogens (tertiary/aromatic N) is 1. The zero-order valence-electron chi connectivity index (χ0n) is 18.2. The molecule has 1 fully saturated rings. The molecular weight excluding hydrogens is 416 g/mol. The number of hydrogen-bond acceptors (Lipinski definition) is 4. The van der Waals surface area contributed by atoms with Gasteiger partial charge in [-0.05, 0) is 27.8 Å². The van der Waals surface area contributed by atoms with Crippen molar-refractivity contribution in [3.05, 3.63) is 95.6 Å². The number of carbonyl (C=O) groups excluding carboxylic acids is 1. The molecule has 3 aromatic carbocycles. The van der Waals surface area contributed by atoms with Gasteiger partial charge in [-0.3, -0.25) is 9.69 Å². The highest BCUT2D eigenvalue weighted by molar-refractivity contribution is 5.79. The second kappa shape index (κ2) is 9.08. The predicted octanol–water partition coefficient (Wildman–Crippen LogP) is 4.11. The minimum atomic E-state index is -0.908. The molecule has 6 heteroatoms. The predicted molar refractivity (Wildman–Crippen MR) is 125 cm³/mol. The number of benzene rings is 3. The Morgan fingerprint density at radius 3 is 2.12 bits per heavy atom. The van der Waals surface area contributed by atoms with Crippen LogP contribution in [0, 0.1) is 5.92 Å². The summed E-state index contributed by atoms with van der Waals surface area (Å²) in [5.74, 6) is -1.61. The van der Waals surface area contributed by atoms with Crippen LogP contribution >= 0.6 is 0 Å². The molecule has 6 nitrogen and oxygen atoms in total. The number of carboxylic acid groups (broad SMARTS) is 1. The number of likely N-dealkylation sites (tertiary alicyclic amines) is 1. The van der Waals surface area contributed by atoms with Gasteiger partial charge in [0.2, 0.25) is 0 Å². The van der Waals surface area contributed by atoms with Crippen LogP contribution in [0.15, 0.2) is 78.9 Å². The molecule has 0 spiro atoms. The van der Waals surface area contributed by atoms with E-state index in [2.05, 4.69) is 34.5 Å². The lowest BCUT2D eigenvalue weighted by Crippen LogP contribution is -2.43. The average Bonchev–Trinajstić information content (AvgIpc) is 3.37. The molecule has 2 unspecified atom stereocenters. The van der Waals surface area contributed by atoms with Gasteiger partial charge in [-0.15, -0.1) is 0 Å². The van der Waals surface area contributed by atoms with Crippen molar-refractivity contribution in [2.45, 2.75) is 18.5 Å². The Kier molecular flexibility index (Phi) is 5.84. The summed E-state index contributed by atoms with van der Waals surface area (Å²) in [6.45, 7) is 1.71. The van der Waals surface area contributed by atoms with Crippen molar-refractivity contribution in [1.82, 2.24) is 10.2 Å². The minimum absolute atomic E-state index is 0.0309. The number of amides is 1. The Labute approximate surface area is 192 Å². The van der Waals surface area contributed by atoms with Gasteiger partial charge in [0.05, 0.1) is 12.0 Å². The molecule has 0 radical (unpaired) electrons. The summed E-state index contributed by atoms with van der Waals surface area (Å²) < 4.78 is 5.62. The third kappa shape index (κ3) is 4.34. The Bertz CT molecular complexity index is 1120. The molecule has 168 valence electrons. The number of hydrogen-bond donors (Lipinski definition) is 2. The van der Waals surface area contributed by atoms with Gasteiger partial charge in [-0.2, -0.15) is 0 Å². The number of carboxylic acids is 1. The van der Waals surface area contributed by atoms with E-state index in [1.54, 1.807) is 0 Å². The SMILES string of the molecule is O=C(NC1CN(Cc2ccccc2)CC1C(=O)O)OCC1c2ccccc2-c2ccccc21. The molecule has 1 heterocycles. The fraction of sp³-hybridized carbons (Fsp3) is 0.259. The number of nitrogens with one attached hydrogen (secondary N) is 1. The van der Waals surface area contributed by atoms with Crippen LogP contribution in [0.5, 0.6) is 0 Å². The van der Waals surface area contributed by atoms with Crippen molar-refractivity contribution in [3.63, 3.8) is 0 Å². The van der Waals surface area contributed by atoms with Crippen molar-refractivity contribution in [3.8, 4) is 11.1 Å². The molecule has 2 N–H and O–H groups in total. The lowest BCUT2D eigenvalue weighted by Gasteiger charge is -2.19. The van der Waals surface area contributed by atoms with Crippen LogP contribution in [0.1, 0.15) is 22.6 Å². The van der Waals surface area contributed by atoms with Crippen LogP contribution in [-0.2, 0) is 16.1 Å². The van der Waals surface area contributed by atoms with Gasteiger partial charge in [0.15, 0.2) is 0 Å². The van der Waals surface area contributed by atoms with Crippen molar-refractivity contribution in [2.24, 2.45) is 5.92 Å². The number of ether oxygens (including phenoxy) is 1. The van der Waals surface area contributed by atoms with Gasteiger partial charge in [0.1, 0.15) is 6.61 Å². The van der Waals surface area contributed by atoms with Gasteiger partial charge < -0.3 is 15.2 Å². The molecule has 3 aromatic rings. The first-order valence-corrected chi connectivity index (χ1v) is 11.2. The second-order valence-corrected chi connectivity index (χ2v) is 8.70. The summed E-state index contributed by atoms with van der Waals surface area (Å²) in [6.07, 6.45) is -0.574. The van der Waals surface area contributed by atoms with Crippen LogP contribution in [0.2, 0.25) is 0 Å². The summed E-state index contributed by atoms with van der Waals surface area (Å²) in [5.41, 5.74) is 5.74. The van der Waals surface area contributed by atoms with E-state index in [1.165, 1.54) is 11.1 Å². The molecule has 0 aromatic heterocycles. The second-order valence-electron chi connectivity index (χ2n) is 8.70. The van der Waals surface area contributed by atoms with E-state index >= 15 is 0 Å². The van der Waals surface area contributed by atoms with Crippen LogP contribution in [-0.4, -0.2) is 47.8 Å². The van der Waals surface area contributed by atoms with Crippen LogP contribution in [0.4, 0.5) is 4.79 Å². The van der Waals surface area contributed by atoms with E-state index in [0.717, 1.165) is 16.7 Å². The van der Waals surface area contributed by atoms with E-state index < -0.39 is 24.0 Å². The number of alkyl carbamates (subject to hydrolysis) is 1. The molecule has 2 aliphatic rings. The average molecular weight is 443 g/mol. The lowest BCUT2D eigenvalue weighted by atomic mass is 9.98. The number of aliphatic carboxylic acids is 1. The maximum atomic E-state index is 12.7. The van der Waals surface area contributed by atoms with Gasteiger partial charge >= 0.3 is 12.1 Å². The molecule has 0 saturated carbocycles. The lowest BCUT2D eigenvalue weighted by molar-refractivity contribution is -0.141. The van der Waals surface area contributed by atoms with Crippen molar-refractivity contribution < 1.29 is 19.4 Å². The van der Waals surface area contributed by atoms with Gasteiger partial charge in [0, 0.05) is 25.6 Å². The standard InChI is InChI=1S/C27H26N2O4/c30-26(31)23-15-29(14-18-8-2-1-3-9-18)16-25(23)28-27(32)33-17-24-21-12-6-4-10-19(21)20-11-5-7-13-22(20)24/h1-13,23-25H,14-17H2,(H,28,32)(H,30,31). The zero-order valence-corrected chi connectivity index (χ0v) is 18.2. The zero-order chi connectivity index (χ0) is 22.8. The first-order chi connectivity index (χ1) is 16.1. The monoisotopic (exact) mass is 442 g/mol. The summed E-state index contributed by atoms with van der Waals surface area (Å²) in [4.78, 5) is 26.5. The van der Waals surface area contributed by atoms with Crippen LogP contribution in [0.3, 0.4) is 0 Å². The summed E-state index contributed by atoms with van der Waals surface area (Å²) >= 11 is 0. The largest absolute Gasteiger partial charge is 0.481 e. The number of fused-ring (bicyclic) bond motifs is 3. The summed E-state index contributed by atoms with van der Waals surface area (Å²) in [6, 6.07) is 25.7. The smallest absolute Gasteiger partial charge is 0.407 e. The quantitative estimate of drug-likeness (QED) is 0.601. The third-order valence-corrected chi connectivity index (χ3v) is 6.61. The highest BCUT2D eigenvalue weighted by atomic mass is 16.5. The first-order valence-electron chi connectivity index (χ1n) is 11.2. The molecule has 1 aliphatic heterocycles. The van der Waals surface area contributed by atoms with E-state index in [-0.39, 0.29) is 12.5 Å². The number of rotatable bonds is 6. The van der Waals surface area contributed by atoms with E-state index in [1.807, 2.05) is 54.6 Å². The fourth-order valence-electron chi connectivity index (χ4n) is 5.04. The summed E-state index contributed by atoms with van der Waals surface area (Å²) in [7, 11) is 0. The summed E-state index contributed by atoms with van der Waals surface area (Å²) in [5, 5.41) is 12.5. The van der Waals surface area contributed by atoms with Gasteiger partial charge in [0.25, 0.3) is 0 Å². The molecule has 2 atom stereocenters. The van der Waals surface area contributed by atoms with Gasteiger partial charge in [-0.25, -0.2) is 4.79 Å². The van der Waals surface area contributed by atoms with Crippen molar-refractivity contribution in [2.75, 3.05) is 19.7 Å². The Morgan fingerprint density at radius 2 is 1.48 bits per heavy atom. The normalized spacial score (nSPS) is 19.6. The Morgan fingerprint density at radius 1 is 0.879 bits per heavy atom. The highest BCUT2D eigenvalue weighted by Crippen LogP contribution is 2.44. The Hall–Kier alpha value is -3.64. The van der Waals surface area contributed by atoms with Crippen LogP contribution in [0.25, 0.3) is 11.1 Å². The van der Waals surface area contributed by atoms with Gasteiger partial charge in [-0.1, -0.05) is 78.9 Å². The molecule has 1 amide bonds. The van der Waals surface area contributed by atoms with E-state index in [4.69, 9.17) is 4.74 Å². The van der Waals surface area contributed by atoms with E-state index in [0.29, 0.717) is 19.6 Å². The minimum Gasteiger partial charge on any atom is -0.481 e. The fourth-order valence-corrected chi connectivity index (χ4v) is 5.04. The maximum Gasteiger partial charge on any atom is 0.407 e. The molecule has 0 bridgehead atoms. The van der Waals surface area contributed by atoms with Crippen LogP contribution < -0.4 is 5.32 Å². The Balaban J connectivity index is 1.23. The van der Waals surface area contributed by atoms with Crippen molar-refractivity contribution in [1.29, 1.82) is 0 Å².